The molecule has 0 radical (unpaired) electrons. The van der Waals surface area contributed by atoms with Crippen molar-refractivity contribution >= 4 is 17.6 Å². The van der Waals surface area contributed by atoms with Gasteiger partial charge in [0.15, 0.2) is 5.96 Å². The van der Waals surface area contributed by atoms with Crippen molar-refractivity contribution in [1.82, 2.24) is 20.4 Å². The van der Waals surface area contributed by atoms with Gasteiger partial charge < -0.3 is 19.5 Å². The van der Waals surface area contributed by atoms with Crippen LogP contribution in [0, 0.1) is 5.92 Å². The molecule has 1 aliphatic carbocycles. The van der Waals surface area contributed by atoms with Crippen molar-refractivity contribution in [3.8, 4) is 11.4 Å². The maximum absolute atomic E-state index is 6.01. The fourth-order valence-corrected chi connectivity index (χ4v) is 2.71. The summed E-state index contributed by atoms with van der Waals surface area (Å²) in [6, 6.07) is 7.36. The third-order valence-corrected chi connectivity index (χ3v) is 4.47. The number of aromatic nitrogens is 2. The zero-order valence-electron chi connectivity index (χ0n) is 15.8. The maximum Gasteiger partial charge on any atom is 0.248 e. The largest absolute Gasteiger partial charge is 0.379 e. The molecule has 1 aliphatic rings. The van der Waals surface area contributed by atoms with Gasteiger partial charge in [-0.2, -0.15) is 4.98 Å². The molecule has 1 heterocycles. The van der Waals surface area contributed by atoms with Gasteiger partial charge in [0.05, 0.1) is 6.61 Å². The van der Waals surface area contributed by atoms with Crippen LogP contribution < -0.4 is 5.32 Å². The summed E-state index contributed by atoms with van der Waals surface area (Å²) in [4.78, 5) is 11.0. The van der Waals surface area contributed by atoms with Gasteiger partial charge in [-0.05, 0) is 37.8 Å². The SMILES string of the molecule is CCNC(=NCc1nc(-c2cccc(Cl)c2)no1)N(C)CCOCC1CC1. The third-order valence-electron chi connectivity index (χ3n) is 4.23. The van der Waals surface area contributed by atoms with E-state index in [1.165, 1.54) is 12.8 Å². The van der Waals surface area contributed by atoms with Gasteiger partial charge in [0.2, 0.25) is 11.7 Å². The standard InChI is InChI=1S/C19H26ClN5O2/c1-3-21-19(25(2)9-10-26-13-14-7-8-14)22-12-17-23-18(24-27-17)15-5-4-6-16(20)11-15/h4-6,11,14H,3,7-10,12-13H2,1-2H3,(H,21,22). The van der Waals surface area contributed by atoms with Crippen molar-refractivity contribution in [1.29, 1.82) is 0 Å². The van der Waals surface area contributed by atoms with Crippen molar-refractivity contribution in [3.63, 3.8) is 0 Å². The Morgan fingerprint density at radius 2 is 2.30 bits per heavy atom. The first kappa shape index (κ1) is 19.6. The quantitative estimate of drug-likeness (QED) is 0.402. The highest BCUT2D eigenvalue weighted by Gasteiger charge is 2.21. The van der Waals surface area contributed by atoms with Gasteiger partial charge in [-0.15, -0.1) is 0 Å². The van der Waals surface area contributed by atoms with Crippen molar-refractivity contribution in [2.75, 3.05) is 33.4 Å². The van der Waals surface area contributed by atoms with Crippen molar-refractivity contribution in [2.45, 2.75) is 26.3 Å². The molecule has 0 atom stereocenters. The predicted molar refractivity (Wildman–Crippen MR) is 106 cm³/mol. The number of rotatable bonds is 9. The average Bonchev–Trinajstić information content (AvgIpc) is 3.37. The molecule has 0 unspecified atom stereocenters. The molecule has 0 saturated heterocycles. The van der Waals surface area contributed by atoms with Gasteiger partial charge >= 0.3 is 0 Å². The number of likely N-dealkylation sites (N-methyl/N-ethyl adjacent to an activating group) is 1. The molecule has 0 aliphatic heterocycles. The first-order chi connectivity index (χ1) is 13.2. The van der Waals surface area contributed by atoms with E-state index in [9.17, 15) is 0 Å². The van der Waals surface area contributed by atoms with Crippen molar-refractivity contribution in [3.05, 3.63) is 35.2 Å². The molecule has 0 spiro atoms. The summed E-state index contributed by atoms with van der Waals surface area (Å²) in [6.07, 6.45) is 2.61. The van der Waals surface area contributed by atoms with E-state index in [4.69, 9.17) is 20.9 Å². The van der Waals surface area contributed by atoms with E-state index >= 15 is 0 Å². The van der Waals surface area contributed by atoms with Crippen molar-refractivity contribution < 1.29 is 9.26 Å². The molecule has 0 bridgehead atoms. The predicted octanol–water partition coefficient (Wildman–Crippen LogP) is 3.21. The van der Waals surface area contributed by atoms with Gasteiger partial charge in [0, 0.05) is 37.3 Å². The van der Waals surface area contributed by atoms with Crippen LogP contribution in [-0.4, -0.2) is 54.4 Å². The fourth-order valence-electron chi connectivity index (χ4n) is 2.52. The summed E-state index contributed by atoms with van der Waals surface area (Å²) < 4.78 is 11.0. The molecule has 7 nitrogen and oxygen atoms in total. The molecule has 2 aromatic rings. The van der Waals surface area contributed by atoms with E-state index in [1.807, 2.05) is 37.1 Å². The van der Waals surface area contributed by atoms with Gasteiger partial charge in [-0.3, -0.25) is 0 Å². The van der Waals surface area contributed by atoms with Crippen LogP contribution in [0.1, 0.15) is 25.7 Å². The van der Waals surface area contributed by atoms with Crippen LogP contribution >= 0.6 is 11.6 Å². The normalized spacial score (nSPS) is 14.4. The van der Waals surface area contributed by atoms with Crippen LogP contribution in [0.4, 0.5) is 0 Å². The van der Waals surface area contributed by atoms with Crippen LogP contribution in [0.3, 0.4) is 0 Å². The topological polar surface area (TPSA) is 75.8 Å². The zero-order valence-corrected chi connectivity index (χ0v) is 16.6. The van der Waals surface area contributed by atoms with Gasteiger partial charge in [-0.1, -0.05) is 28.9 Å². The summed E-state index contributed by atoms with van der Waals surface area (Å²) in [5.41, 5.74) is 0.818. The molecule has 27 heavy (non-hydrogen) atoms. The Bertz CT molecular complexity index is 760. The number of halogens is 1. The number of guanidine groups is 1. The first-order valence-electron chi connectivity index (χ1n) is 9.31. The summed E-state index contributed by atoms with van der Waals surface area (Å²) in [7, 11) is 1.99. The monoisotopic (exact) mass is 391 g/mol. The molecule has 146 valence electrons. The molecule has 0 amide bonds. The lowest BCUT2D eigenvalue weighted by atomic mass is 10.2. The van der Waals surface area contributed by atoms with Crippen LogP contribution in [0.5, 0.6) is 0 Å². The van der Waals surface area contributed by atoms with E-state index in [2.05, 4.69) is 20.4 Å². The summed E-state index contributed by atoms with van der Waals surface area (Å²) in [5.74, 6) is 2.53. The molecule has 1 fully saturated rings. The number of ether oxygens (including phenoxy) is 1. The van der Waals surface area contributed by atoms with Gasteiger partial charge in [-0.25, -0.2) is 4.99 Å². The third kappa shape index (κ3) is 6.22. The lowest BCUT2D eigenvalue weighted by molar-refractivity contribution is 0.115. The molecule has 1 aromatic carbocycles. The highest BCUT2D eigenvalue weighted by molar-refractivity contribution is 6.30. The molecular weight excluding hydrogens is 366 g/mol. The van der Waals surface area contributed by atoms with Crippen LogP contribution in [0.15, 0.2) is 33.8 Å². The molecule has 1 aromatic heterocycles. The van der Waals surface area contributed by atoms with Crippen molar-refractivity contribution in [2.24, 2.45) is 10.9 Å². The molecule has 1 saturated carbocycles. The molecule has 1 N–H and O–H groups in total. The molecule has 8 heteroatoms. The number of benzene rings is 1. The minimum Gasteiger partial charge on any atom is -0.379 e. The molecule has 3 rings (SSSR count). The lowest BCUT2D eigenvalue weighted by Crippen LogP contribution is -2.40. The fraction of sp³-hybridized carbons (Fsp3) is 0.526. The second-order valence-electron chi connectivity index (χ2n) is 6.63. The van der Waals surface area contributed by atoms with E-state index in [0.29, 0.717) is 29.9 Å². The van der Waals surface area contributed by atoms with Crippen LogP contribution in [0.2, 0.25) is 5.02 Å². The number of nitrogens with zero attached hydrogens (tertiary/aromatic N) is 4. The Morgan fingerprint density at radius 1 is 1.44 bits per heavy atom. The highest BCUT2D eigenvalue weighted by Crippen LogP contribution is 2.28. The zero-order chi connectivity index (χ0) is 19.1. The second kappa shape index (κ2) is 9.71. The Morgan fingerprint density at radius 3 is 3.04 bits per heavy atom. The van der Waals surface area contributed by atoms with Gasteiger partial charge in [0.25, 0.3) is 0 Å². The summed E-state index contributed by atoms with van der Waals surface area (Å²) in [6.45, 7) is 5.46. The van der Waals surface area contributed by atoms with Gasteiger partial charge in [0.1, 0.15) is 6.54 Å². The number of hydrogen-bond acceptors (Lipinski definition) is 5. The molecular formula is C19H26ClN5O2. The number of aliphatic imine (C=N–C) groups is 1. The number of nitrogens with one attached hydrogen (secondary N) is 1. The average molecular weight is 392 g/mol. The lowest BCUT2D eigenvalue weighted by Gasteiger charge is -2.21. The smallest absolute Gasteiger partial charge is 0.248 e. The van der Waals surface area contributed by atoms with Crippen LogP contribution in [-0.2, 0) is 11.3 Å². The Hall–Kier alpha value is -2.12. The highest BCUT2D eigenvalue weighted by atomic mass is 35.5. The Kier molecular flexibility index (Phi) is 7.06. The van der Waals surface area contributed by atoms with E-state index in [1.54, 1.807) is 6.07 Å². The second-order valence-corrected chi connectivity index (χ2v) is 7.07. The Balaban J connectivity index is 1.55. The van der Waals surface area contributed by atoms with E-state index in [0.717, 1.165) is 37.1 Å². The van der Waals surface area contributed by atoms with Crippen LogP contribution in [0.25, 0.3) is 11.4 Å². The van der Waals surface area contributed by atoms with E-state index < -0.39 is 0 Å². The summed E-state index contributed by atoms with van der Waals surface area (Å²) >= 11 is 6.01. The van der Waals surface area contributed by atoms with E-state index in [-0.39, 0.29) is 0 Å². The minimum atomic E-state index is 0.309. The Labute approximate surface area is 164 Å². The maximum atomic E-state index is 6.01. The minimum absolute atomic E-state index is 0.309. The first-order valence-corrected chi connectivity index (χ1v) is 9.69. The number of hydrogen-bond donors (Lipinski definition) is 1. The summed E-state index contributed by atoms with van der Waals surface area (Å²) in [5, 5.41) is 7.92.